The summed E-state index contributed by atoms with van der Waals surface area (Å²) < 4.78 is 0. The van der Waals surface area contributed by atoms with Crippen LogP contribution in [0.4, 0.5) is 0 Å². The molecule has 0 radical (unpaired) electrons. The Morgan fingerprint density at radius 1 is 1.25 bits per heavy atom. The van der Waals surface area contributed by atoms with E-state index in [9.17, 15) is 4.79 Å². The molecule has 3 heteroatoms. The van der Waals surface area contributed by atoms with Gasteiger partial charge in [0.25, 0.3) is 0 Å². The molecule has 0 aliphatic heterocycles. The van der Waals surface area contributed by atoms with E-state index in [4.69, 9.17) is 5.73 Å². The summed E-state index contributed by atoms with van der Waals surface area (Å²) in [6.45, 7) is 7.56. The van der Waals surface area contributed by atoms with Crippen LogP contribution in [0.2, 0.25) is 0 Å². The van der Waals surface area contributed by atoms with Crippen LogP contribution in [0.25, 0.3) is 0 Å². The van der Waals surface area contributed by atoms with Crippen LogP contribution >= 0.6 is 0 Å². The molecule has 2 saturated carbocycles. The first-order valence-corrected chi connectivity index (χ1v) is 8.44. The van der Waals surface area contributed by atoms with Crippen LogP contribution in [-0.4, -0.2) is 18.5 Å². The number of nitrogens with one attached hydrogen (secondary N) is 1. The van der Waals surface area contributed by atoms with Crippen molar-refractivity contribution in [3.05, 3.63) is 0 Å². The Morgan fingerprint density at radius 3 is 2.25 bits per heavy atom. The van der Waals surface area contributed by atoms with Gasteiger partial charge in [-0.2, -0.15) is 0 Å². The zero-order valence-corrected chi connectivity index (χ0v) is 13.5. The lowest BCUT2D eigenvalue weighted by Gasteiger charge is -2.42. The van der Waals surface area contributed by atoms with Crippen LogP contribution in [0.5, 0.6) is 0 Å². The molecule has 3 N–H and O–H groups in total. The number of carbonyl (C=O) groups excluding carboxylic acids is 1. The highest BCUT2D eigenvalue weighted by molar-refractivity contribution is 5.84. The summed E-state index contributed by atoms with van der Waals surface area (Å²) in [4.78, 5) is 12.4. The first-order valence-electron chi connectivity index (χ1n) is 8.44. The second-order valence-electron chi connectivity index (χ2n) is 7.70. The lowest BCUT2D eigenvalue weighted by atomic mass is 9.67. The van der Waals surface area contributed by atoms with E-state index in [1.165, 1.54) is 19.3 Å². The lowest BCUT2D eigenvalue weighted by Crippen LogP contribution is -2.53. The third-order valence-corrected chi connectivity index (χ3v) is 6.26. The minimum absolute atomic E-state index is 0.223. The van der Waals surface area contributed by atoms with Gasteiger partial charge in [0.05, 0.1) is 5.41 Å². The highest BCUT2D eigenvalue weighted by atomic mass is 16.2. The highest BCUT2D eigenvalue weighted by Crippen LogP contribution is 2.42. The van der Waals surface area contributed by atoms with E-state index in [1.807, 2.05) is 0 Å². The van der Waals surface area contributed by atoms with Crippen molar-refractivity contribution in [2.75, 3.05) is 6.54 Å². The number of hydrogen-bond acceptors (Lipinski definition) is 2. The molecule has 2 aliphatic rings. The predicted molar refractivity (Wildman–Crippen MR) is 83.3 cm³/mol. The minimum Gasteiger partial charge on any atom is -0.353 e. The molecule has 20 heavy (non-hydrogen) atoms. The molecule has 1 amide bonds. The van der Waals surface area contributed by atoms with Crippen molar-refractivity contribution in [1.82, 2.24) is 5.32 Å². The maximum absolute atomic E-state index is 12.4. The van der Waals surface area contributed by atoms with E-state index >= 15 is 0 Å². The van der Waals surface area contributed by atoms with Crippen molar-refractivity contribution < 1.29 is 4.79 Å². The fourth-order valence-corrected chi connectivity index (χ4v) is 3.77. The summed E-state index contributed by atoms with van der Waals surface area (Å²) in [5.41, 5.74) is 6.03. The van der Waals surface area contributed by atoms with Gasteiger partial charge in [-0.05, 0) is 49.9 Å². The van der Waals surface area contributed by atoms with Gasteiger partial charge >= 0.3 is 0 Å². The van der Waals surface area contributed by atoms with Crippen LogP contribution < -0.4 is 11.1 Å². The summed E-state index contributed by atoms with van der Waals surface area (Å²) in [5.74, 6) is 1.04. The summed E-state index contributed by atoms with van der Waals surface area (Å²) in [6.07, 6.45) is 9.14. The third kappa shape index (κ3) is 3.03. The molecular formula is C17H32N2O. The highest BCUT2D eigenvalue weighted by Gasteiger charge is 2.43. The van der Waals surface area contributed by atoms with Crippen molar-refractivity contribution in [3.8, 4) is 0 Å². The molecule has 0 heterocycles. The topological polar surface area (TPSA) is 55.1 Å². The van der Waals surface area contributed by atoms with Crippen LogP contribution in [-0.2, 0) is 4.79 Å². The number of hydrogen-bond donors (Lipinski definition) is 2. The standard InChI is InChI=1S/C17H32N2O/c1-4-16(2,3)13-6-8-14(9-7-13)19-15(20)17(12-18)10-5-11-17/h13-14H,4-12,18H2,1-3H3,(H,19,20). The van der Waals surface area contributed by atoms with E-state index < -0.39 is 0 Å². The van der Waals surface area contributed by atoms with E-state index in [-0.39, 0.29) is 11.3 Å². The fraction of sp³-hybridized carbons (Fsp3) is 0.941. The van der Waals surface area contributed by atoms with Gasteiger partial charge in [-0.25, -0.2) is 0 Å². The summed E-state index contributed by atoms with van der Waals surface area (Å²) >= 11 is 0. The van der Waals surface area contributed by atoms with Crippen molar-refractivity contribution in [2.45, 2.75) is 78.2 Å². The summed E-state index contributed by atoms with van der Waals surface area (Å²) in [6, 6.07) is 0.385. The van der Waals surface area contributed by atoms with E-state index in [0.717, 1.165) is 38.0 Å². The second kappa shape index (κ2) is 6.05. The van der Waals surface area contributed by atoms with Crippen molar-refractivity contribution in [3.63, 3.8) is 0 Å². The first-order chi connectivity index (χ1) is 9.43. The maximum Gasteiger partial charge on any atom is 0.227 e. The number of nitrogens with two attached hydrogens (primary N) is 1. The van der Waals surface area contributed by atoms with Gasteiger partial charge in [-0.15, -0.1) is 0 Å². The Kier molecular flexibility index (Phi) is 4.78. The van der Waals surface area contributed by atoms with Crippen molar-refractivity contribution >= 4 is 5.91 Å². The molecule has 0 aromatic carbocycles. The molecule has 116 valence electrons. The van der Waals surface area contributed by atoms with Crippen LogP contribution in [0.1, 0.15) is 72.1 Å². The molecule has 2 aliphatic carbocycles. The van der Waals surface area contributed by atoms with Crippen LogP contribution in [0.15, 0.2) is 0 Å². The second-order valence-corrected chi connectivity index (χ2v) is 7.70. The monoisotopic (exact) mass is 280 g/mol. The number of amides is 1. The molecule has 3 nitrogen and oxygen atoms in total. The third-order valence-electron chi connectivity index (χ3n) is 6.26. The van der Waals surface area contributed by atoms with Crippen molar-refractivity contribution in [1.29, 1.82) is 0 Å². The quantitative estimate of drug-likeness (QED) is 0.812. The molecule has 0 unspecified atom stereocenters. The fourth-order valence-electron chi connectivity index (χ4n) is 3.77. The van der Waals surface area contributed by atoms with Gasteiger partial charge in [-0.1, -0.05) is 33.6 Å². The SMILES string of the molecule is CCC(C)(C)C1CCC(NC(=O)C2(CN)CCC2)CC1. The smallest absolute Gasteiger partial charge is 0.227 e. The van der Waals surface area contributed by atoms with Gasteiger partial charge in [-0.3, -0.25) is 4.79 Å². The average Bonchev–Trinajstić information content (AvgIpc) is 2.39. The molecular weight excluding hydrogens is 248 g/mol. The Hall–Kier alpha value is -0.570. The van der Waals surface area contributed by atoms with Crippen molar-refractivity contribution in [2.24, 2.45) is 22.5 Å². The summed E-state index contributed by atoms with van der Waals surface area (Å²) in [7, 11) is 0. The largest absolute Gasteiger partial charge is 0.353 e. The number of carbonyl (C=O) groups is 1. The molecule has 0 spiro atoms. The lowest BCUT2D eigenvalue weighted by molar-refractivity contribution is -0.136. The van der Waals surface area contributed by atoms with Gasteiger partial charge in [0.15, 0.2) is 0 Å². The van der Waals surface area contributed by atoms with Gasteiger partial charge in [0, 0.05) is 12.6 Å². The van der Waals surface area contributed by atoms with E-state index in [1.54, 1.807) is 0 Å². The Balaban J connectivity index is 1.81. The maximum atomic E-state index is 12.4. The first kappa shape index (κ1) is 15.8. The Morgan fingerprint density at radius 2 is 1.85 bits per heavy atom. The van der Waals surface area contributed by atoms with Gasteiger partial charge in [0.2, 0.25) is 5.91 Å². The molecule has 0 aromatic rings. The van der Waals surface area contributed by atoms with Gasteiger partial charge in [0.1, 0.15) is 0 Å². The molecule has 2 fully saturated rings. The molecule has 2 rings (SSSR count). The molecule has 0 saturated heterocycles. The molecule has 0 atom stereocenters. The van der Waals surface area contributed by atoms with Crippen LogP contribution in [0.3, 0.4) is 0 Å². The van der Waals surface area contributed by atoms with E-state index in [2.05, 4.69) is 26.1 Å². The predicted octanol–water partition coefficient (Wildman–Crippen LogP) is 3.23. The Labute approximate surface area is 124 Å². The summed E-state index contributed by atoms with van der Waals surface area (Å²) in [5, 5.41) is 3.28. The van der Waals surface area contributed by atoms with E-state index in [0.29, 0.717) is 18.0 Å². The Bertz CT molecular complexity index is 333. The molecule has 0 bridgehead atoms. The zero-order chi connectivity index (χ0) is 14.8. The normalized spacial score (nSPS) is 29.6. The zero-order valence-electron chi connectivity index (χ0n) is 13.5. The van der Waals surface area contributed by atoms with Crippen LogP contribution in [0, 0.1) is 16.7 Å². The molecule has 0 aromatic heterocycles. The number of rotatable bonds is 5. The minimum atomic E-state index is -0.223. The average molecular weight is 280 g/mol. The van der Waals surface area contributed by atoms with Gasteiger partial charge < -0.3 is 11.1 Å².